The van der Waals surface area contributed by atoms with Crippen LogP contribution < -0.4 is 4.90 Å². The molecule has 1 saturated heterocycles. The summed E-state index contributed by atoms with van der Waals surface area (Å²) in [5, 5.41) is 0. The molecule has 0 spiro atoms. The zero-order valence-electron chi connectivity index (χ0n) is 13.4. The molecule has 0 saturated carbocycles. The van der Waals surface area contributed by atoms with Crippen LogP contribution in [0.4, 0.5) is 19.1 Å². The van der Waals surface area contributed by atoms with Crippen molar-refractivity contribution in [2.24, 2.45) is 0 Å². The van der Waals surface area contributed by atoms with E-state index >= 15 is 0 Å². The lowest BCUT2D eigenvalue weighted by Crippen LogP contribution is -2.49. The Hall–Kier alpha value is -2.64. The van der Waals surface area contributed by atoms with E-state index in [9.17, 15) is 18.0 Å². The summed E-state index contributed by atoms with van der Waals surface area (Å²) in [5.74, 6) is 0.445. The maximum atomic E-state index is 12.8. The van der Waals surface area contributed by atoms with Crippen molar-refractivity contribution in [2.75, 3.05) is 31.1 Å². The molecule has 25 heavy (non-hydrogen) atoms. The number of amides is 1. The van der Waals surface area contributed by atoms with E-state index in [2.05, 4.69) is 9.97 Å². The monoisotopic (exact) mass is 350 g/mol. The van der Waals surface area contributed by atoms with Crippen molar-refractivity contribution in [2.45, 2.75) is 12.6 Å². The fourth-order valence-corrected chi connectivity index (χ4v) is 2.75. The first-order valence-electron chi connectivity index (χ1n) is 7.89. The molecule has 0 aliphatic carbocycles. The number of carbonyl (C=O) groups excluding carboxylic acids is 1. The van der Waals surface area contributed by atoms with Crippen LogP contribution in [0.3, 0.4) is 0 Å². The highest BCUT2D eigenvalue weighted by atomic mass is 19.4. The lowest BCUT2D eigenvalue weighted by molar-refractivity contribution is -0.138. The highest BCUT2D eigenvalue weighted by Crippen LogP contribution is 2.29. The third-order valence-corrected chi connectivity index (χ3v) is 4.08. The minimum absolute atomic E-state index is 0.0360. The molecule has 1 amide bonds. The Morgan fingerprint density at radius 3 is 2.36 bits per heavy atom. The summed E-state index contributed by atoms with van der Waals surface area (Å²) in [6.07, 6.45) is -1.12. The third kappa shape index (κ3) is 4.26. The quantitative estimate of drug-likeness (QED) is 0.853. The zero-order chi connectivity index (χ0) is 17.9. The van der Waals surface area contributed by atoms with Gasteiger partial charge in [0.1, 0.15) is 0 Å². The average Bonchev–Trinajstić information content (AvgIpc) is 2.62. The fourth-order valence-electron chi connectivity index (χ4n) is 2.75. The summed E-state index contributed by atoms with van der Waals surface area (Å²) >= 11 is 0. The second-order valence-electron chi connectivity index (χ2n) is 5.79. The van der Waals surface area contributed by atoms with Crippen molar-refractivity contribution in [3.8, 4) is 0 Å². The van der Waals surface area contributed by atoms with Crippen molar-refractivity contribution in [3.05, 3.63) is 53.9 Å². The van der Waals surface area contributed by atoms with E-state index in [4.69, 9.17) is 0 Å². The molecule has 0 atom stereocenters. The fraction of sp³-hybridized carbons (Fsp3) is 0.353. The minimum Gasteiger partial charge on any atom is -0.339 e. The van der Waals surface area contributed by atoms with Gasteiger partial charge in [-0.2, -0.15) is 13.2 Å². The van der Waals surface area contributed by atoms with E-state index in [-0.39, 0.29) is 12.3 Å². The molecule has 1 fully saturated rings. The van der Waals surface area contributed by atoms with Crippen LogP contribution in [0.25, 0.3) is 0 Å². The number of nitrogens with zero attached hydrogens (tertiary/aromatic N) is 4. The van der Waals surface area contributed by atoms with Crippen LogP contribution >= 0.6 is 0 Å². The number of hydrogen-bond acceptors (Lipinski definition) is 4. The van der Waals surface area contributed by atoms with Crippen LogP contribution in [0.2, 0.25) is 0 Å². The molecule has 2 heterocycles. The first-order valence-corrected chi connectivity index (χ1v) is 7.89. The summed E-state index contributed by atoms with van der Waals surface area (Å²) in [7, 11) is 0. The van der Waals surface area contributed by atoms with Crippen LogP contribution in [-0.4, -0.2) is 47.0 Å². The number of hydrogen-bond donors (Lipinski definition) is 0. The normalized spacial score (nSPS) is 15.3. The Balaban J connectivity index is 1.58. The predicted molar refractivity (Wildman–Crippen MR) is 86.0 cm³/mol. The average molecular weight is 350 g/mol. The molecule has 0 radical (unpaired) electrons. The van der Waals surface area contributed by atoms with E-state index in [1.807, 2.05) is 4.90 Å². The van der Waals surface area contributed by atoms with E-state index < -0.39 is 11.7 Å². The second kappa shape index (κ2) is 7.08. The molecular formula is C17H17F3N4O. The SMILES string of the molecule is O=C(Cc1cccc(C(F)(F)F)c1)N1CCN(c2ncccn2)CC1. The van der Waals surface area contributed by atoms with Gasteiger partial charge in [0.05, 0.1) is 12.0 Å². The summed E-state index contributed by atoms with van der Waals surface area (Å²) in [6.45, 7) is 2.18. The van der Waals surface area contributed by atoms with E-state index in [1.165, 1.54) is 6.07 Å². The van der Waals surface area contributed by atoms with Gasteiger partial charge in [-0.15, -0.1) is 0 Å². The number of piperazine rings is 1. The third-order valence-electron chi connectivity index (χ3n) is 4.08. The highest BCUT2D eigenvalue weighted by molar-refractivity contribution is 5.79. The van der Waals surface area contributed by atoms with Crippen LogP contribution in [0.15, 0.2) is 42.7 Å². The van der Waals surface area contributed by atoms with E-state index in [0.717, 1.165) is 12.1 Å². The van der Waals surface area contributed by atoms with Gasteiger partial charge in [-0.05, 0) is 17.7 Å². The van der Waals surface area contributed by atoms with Crippen LogP contribution in [0.1, 0.15) is 11.1 Å². The van der Waals surface area contributed by atoms with Crippen molar-refractivity contribution < 1.29 is 18.0 Å². The zero-order valence-corrected chi connectivity index (χ0v) is 13.4. The maximum absolute atomic E-state index is 12.8. The van der Waals surface area contributed by atoms with Gasteiger partial charge in [0.2, 0.25) is 11.9 Å². The number of aromatic nitrogens is 2. The summed E-state index contributed by atoms with van der Waals surface area (Å²) < 4.78 is 38.3. The van der Waals surface area contributed by atoms with Crippen molar-refractivity contribution in [1.82, 2.24) is 14.9 Å². The molecule has 0 unspecified atom stereocenters. The van der Waals surface area contributed by atoms with Gasteiger partial charge in [0, 0.05) is 38.6 Å². The van der Waals surface area contributed by atoms with Gasteiger partial charge in [-0.1, -0.05) is 18.2 Å². The predicted octanol–water partition coefficient (Wildman–Crippen LogP) is 2.39. The largest absolute Gasteiger partial charge is 0.416 e. The van der Waals surface area contributed by atoms with Gasteiger partial charge in [-0.25, -0.2) is 9.97 Å². The number of carbonyl (C=O) groups is 1. The van der Waals surface area contributed by atoms with E-state index in [1.54, 1.807) is 29.4 Å². The van der Waals surface area contributed by atoms with Gasteiger partial charge < -0.3 is 9.80 Å². The number of halogens is 3. The van der Waals surface area contributed by atoms with E-state index in [0.29, 0.717) is 37.7 Å². The number of rotatable bonds is 3. The van der Waals surface area contributed by atoms with Gasteiger partial charge in [0.15, 0.2) is 0 Å². The summed E-state index contributed by atoms with van der Waals surface area (Å²) in [6, 6.07) is 6.65. The first kappa shape index (κ1) is 17.2. The van der Waals surface area contributed by atoms with Gasteiger partial charge in [0.25, 0.3) is 0 Å². The Morgan fingerprint density at radius 1 is 1.04 bits per heavy atom. The summed E-state index contributed by atoms with van der Waals surface area (Å²) in [4.78, 5) is 24.4. The molecule has 132 valence electrons. The second-order valence-corrected chi connectivity index (χ2v) is 5.79. The smallest absolute Gasteiger partial charge is 0.339 e. The molecule has 0 bridgehead atoms. The Labute approximate surface area is 143 Å². The Kier molecular flexibility index (Phi) is 4.87. The molecule has 1 aromatic carbocycles. The topological polar surface area (TPSA) is 49.3 Å². The molecule has 1 aliphatic rings. The molecule has 8 heteroatoms. The number of alkyl halides is 3. The van der Waals surface area contributed by atoms with Crippen LogP contribution in [0.5, 0.6) is 0 Å². The lowest BCUT2D eigenvalue weighted by Gasteiger charge is -2.34. The molecule has 3 rings (SSSR count). The highest BCUT2D eigenvalue weighted by Gasteiger charge is 2.30. The van der Waals surface area contributed by atoms with Gasteiger partial charge >= 0.3 is 6.18 Å². The van der Waals surface area contributed by atoms with Crippen molar-refractivity contribution in [1.29, 1.82) is 0 Å². The molecule has 1 aromatic heterocycles. The first-order chi connectivity index (χ1) is 11.9. The summed E-state index contributed by atoms with van der Waals surface area (Å²) in [5.41, 5.74) is -0.363. The Bertz CT molecular complexity index is 728. The van der Waals surface area contributed by atoms with Gasteiger partial charge in [-0.3, -0.25) is 4.79 Å². The lowest BCUT2D eigenvalue weighted by atomic mass is 10.1. The molecular weight excluding hydrogens is 333 g/mol. The molecule has 2 aromatic rings. The van der Waals surface area contributed by atoms with Crippen LogP contribution in [0, 0.1) is 0 Å². The number of anilines is 1. The maximum Gasteiger partial charge on any atom is 0.416 e. The van der Waals surface area contributed by atoms with Crippen molar-refractivity contribution in [3.63, 3.8) is 0 Å². The minimum atomic E-state index is -4.40. The molecule has 1 aliphatic heterocycles. The number of benzene rings is 1. The molecule has 0 N–H and O–H groups in total. The van der Waals surface area contributed by atoms with Crippen molar-refractivity contribution >= 4 is 11.9 Å². The van der Waals surface area contributed by atoms with Crippen LogP contribution in [-0.2, 0) is 17.4 Å². The standard InChI is InChI=1S/C17H17F3N4O/c18-17(19,20)14-4-1-3-13(11-14)12-15(25)23-7-9-24(10-8-23)16-21-5-2-6-22-16/h1-6,11H,7-10,12H2. The Morgan fingerprint density at radius 2 is 1.72 bits per heavy atom. The molecule has 5 nitrogen and oxygen atoms in total.